The van der Waals surface area contributed by atoms with Crippen molar-refractivity contribution in [2.45, 2.75) is 0 Å². The van der Waals surface area contributed by atoms with Crippen molar-refractivity contribution in [3.63, 3.8) is 0 Å². The zero-order valence-corrected chi connectivity index (χ0v) is 8.08. The number of primary amides is 1. The normalized spacial score (nSPS) is 9.50. The summed E-state index contributed by atoms with van der Waals surface area (Å²) >= 11 is 5.60. The summed E-state index contributed by atoms with van der Waals surface area (Å²) in [7, 11) is 0. The van der Waals surface area contributed by atoms with Gasteiger partial charge in [0.05, 0.1) is 12.4 Å². The second-order valence-electron chi connectivity index (χ2n) is 2.44. The van der Waals surface area contributed by atoms with Crippen molar-refractivity contribution >= 4 is 23.4 Å². The number of rotatable bonds is 4. The standard InChI is InChI=1S/C7H10ClN5O/c8-5-3-10-4-6(13-5)11-1-2-12-7(9)14/h3-4H,1-2H2,(H,11,13)(H3,9,12,14). The van der Waals surface area contributed by atoms with Crippen LogP contribution < -0.4 is 16.4 Å². The number of amides is 2. The lowest BCUT2D eigenvalue weighted by Crippen LogP contribution is -2.33. The first kappa shape index (κ1) is 10.5. The van der Waals surface area contributed by atoms with Crippen molar-refractivity contribution < 1.29 is 4.79 Å². The van der Waals surface area contributed by atoms with Crippen molar-refractivity contribution in [3.05, 3.63) is 17.5 Å². The fourth-order valence-electron chi connectivity index (χ4n) is 0.804. The predicted octanol–water partition coefficient (Wildman–Crippen LogP) is 0.210. The molecule has 0 bridgehead atoms. The number of aromatic nitrogens is 2. The Bertz CT molecular complexity index is 319. The molecule has 0 atom stereocenters. The molecule has 7 heteroatoms. The molecule has 4 N–H and O–H groups in total. The fourth-order valence-corrected chi connectivity index (χ4v) is 0.951. The molecule has 6 nitrogen and oxygen atoms in total. The molecule has 1 heterocycles. The quantitative estimate of drug-likeness (QED) is 0.626. The smallest absolute Gasteiger partial charge is 0.312 e. The maximum absolute atomic E-state index is 10.3. The van der Waals surface area contributed by atoms with Gasteiger partial charge in [-0.05, 0) is 0 Å². The molecule has 1 aromatic heterocycles. The topological polar surface area (TPSA) is 92.9 Å². The van der Waals surface area contributed by atoms with E-state index < -0.39 is 6.03 Å². The van der Waals surface area contributed by atoms with Gasteiger partial charge in [0.2, 0.25) is 0 Å². The monoisotopic (exact) mass is 215 g/mol. The highest BCUT2D eigenvalue weighted by Gasteiger charge is 1.95. The summed E-state index contributed by atoms with van der Waals surface area (Å²) in [5.41, 5.74) is 4.87. The largest absolute Gasteiger partial charge is 0.367 e. The van der Waals surface area contributed by atoms with Crippen LogP contribution in [0.3, 0.4) is 0 Å². The van der Waals surface area contributed by atoms with Crippen LogP contribution in [0.2, 0.25) is 5.15 Å². The van der Waals surface area contributed by atoms with E-state index in [1.54, 1.807) is 0 Å². The van der Waals surface area contributed by atoms with E-state index in [1.807, 2.05) is 0 Å². The number of urea groups is 1. The van der Waals surface area contributed by atoms with E-state index in [-0.39, 0.29) is 0 Å². The maximum atomic E-state index is 10.3. The van der Waals surface area contributed by atoms with E-state index in [0.29, 0.717) is 24.1 Å². The number of anilines is 1. The molecule has 0 radical (unpaired) electrons. The van der Waals surface area contributed by atoms with Crippen LogP contribution in [0, 0.1) is 0 Å². The van der Waals surface area contributed by atoms with Gasteiger partial charge in [0, 0.05) is 13.1 Å². The van der Waals surface area contributed by atoms with Crippen molar-refractivity contribution in [2.24, 2.45) is 5.73 Å². The minimum Gasteiger partial charge on any atom is -0.367 e. The second kappa shape index (κ2) is 5.23. The average Bonchev–Trinajstić information content (AvgIpc) is 2.12. The first-order chi connectivity index (χ1) is 6.68. The number of nitrogens with zero attached hydrogens (tertiary/aromatic N) is 2. The number of carbonyl (C=O) groups excluding carboxylic acids is 1. The summed E-state index contributed by atoms with van der Waals surface area (Å²) in [6.45, 7) is 0.932. The van der Waals surface area contributed by atoms with Gasteiger partial charge in [-0.15, -0.1) is 0 Å². The average molecular weight is 216 g/mol. The highest BCUT2D eigenvalue weighted by atomic mass is 35.5. The molecule has 0 aromatic carbocycles. The third-order valence-corrected chi connectivity index (χ3v) is 1.52. The van der Waals surface area contributed by atoms with E-state index in [4.69, 9.17) is 17.3 Å². The second-order valence-corrected chi connectivity index (χ2v) is 2.83. The van der Waals surface area contributed by atoms with E-state index >= 15 is 0 Å². The van der Waals surface area contributed by atoms with Gasteiger partial charge in [0.25, 0.3) is 0 Å². The molecule has 0 fully saturated rings. The molecule has 0 spiro atoms. The van der Waals surface area contributed by atoms with Crippen LogP contribution in [0.5, 0.6) is 0 Å². The third-order valence-electron chi connectivity index (χ3n) is 1.34. The number of nitrogens with two attached hydrogens (primary N) is 1. The summed E-state index contributed by atoms with van der Waals surface area (Å²) in [4.78, 5) is 18.1. The molecule has 14 heavy (non-hydrogen) atoms. The van der Waals surface area contributed by atoms with E-state index in [9.17, 15) is 4.79 Å². The Morgan fingerprint density at radius 2 is 2.29 bits per heavy atom. The third kappa shape index (κ3) is 3.90. The fraction of sp³-hybridized carbons (Fsp3) is 0.286. The summed E-state index contributed by atoms with van der Waals surface area (Å²) in [6.07, 6.45) is 2.98. The highest BCUT2D eigenvalue weighted by Crippen LogP contribution is 2.05. The molecule has 0 saturated carbocycles. The van der Waals surface area contributed by atoms with Crippen molar-refractivity contribution in [2.75, 3.05) is 18.4 Å². The number of hydrogen-bond acceptors (Lipinski definition) is 4. The van der Waals surface area contributed by atoms with Gasteiger partial charge >= 0.3 is 6.03 Å². The summed E-state index contributed by atoms with van der Waals surface area (Å²) in [5, 5.41) is 5.66. The van der Waals surface area contributed by atoms with Gasteiger partial charge in [-0.2, -0.15) is 0 Å². The van der Waals surface area contributed by atoms with Crippen LogP contribution >= 0.6 is 11.6 Å². The predicted molar refractivity (Wildman–Crippen MR) is 53.1 cm³/mol. The Balaban J connectivity index is 2.28. The Morgan fingerprint density at radius 3 is 2.93 bits per heavy atom. The molecule has 1 rings (SSSR count). The molecule has 1 aromatic rings. The van der Waals surface area contributed by atoms with Crippen molar-refractivity contribution in [3.8, 4) is 0 Å². The van der Waals surface area contributed by atoms with Crippen molar-refractivity contribution in [1.29, 1.82) is 0 Å². The molecule has 0 aliphatic carbocycles. The minimum atomic E-state index is -0.552. The summed E-state index contributed by atoms with van der Waals surface area (Å²) < 4.78 is 0. The molecule has 0 saturated heterocycles. The van der Waals surface area contributed by atoms with E-state index in [0.717, 1.165) is 0 Å². The Morgan fingerprint density at radius 1 is 1.50 bits per heavy atom. The molecule has 0 unspecified atom stereocenters. The van der Waals surface area contributed by atoms with E-state index in [1.165, 1.54) is 12.4 Å². The number of hydrogen-bond donors (Lipinski definition) is 3. The summed E-state index contributed by atoms with van der Waals surface area (Å²) in [5.74, 6) is 0.559. The number of nitrogens with one attached hydrogen (secondary N) is 2. The molecule has 0 aliphatic heterocycles. The highest BCUT2D eigenvalue weighted by molar-refractivity contribution is 6.29. The zero-order valence-electron chi connectivity index (χ0n) is 7.33. The SMILES string of the molecule is NC(=O)NCCNc1cncc(Cl)n1. The van der Waals surface area contributed by atoms with Crippen LogP contribution in [0.1, 0.15) is 0 Å². The lowest BCUT2D eigenvalue weighted by atomic mass is 10.5. The summed E-state index contributed by atoms with van der Waals surface area (Å²) in [6, 6.07) is -0.552. The Hall–Kier alpha value is -1.56. The van der Waals surface area contributed by atoms with Gasteiger partial charge in [-0.1, -0.05) is 11.6 Å². The lowest BCUT2D eigenvalue weighted by molar-refractivity contribution is 0.249. The van der Waals surface area contributed by atoms with Crippen LogP contribution in [0.25, 0.3) is 0 Å². The zero-order chi connectivity index (χ0) is 10.4. The molecular weight excluding hydrogens is 206 g/mol. The van der Waals surface area contributed by atoms with Gasteiger partial charge in [0.15, 0.2) is 0 Å². The van der Waals surface area contributed by atoms with Crippen LogP contribution in [0.15, 0.2) is 12.4 Å². The molecular formula is C7H10ClN5O. The maximum Gasteiger partial charge on any atom is 0.312 e. The lowest BCUT2D eigenvalue weighted by Gasteiger charge is -2.04. The number of halogens is 1. The van der Waals surface area contributed by atoms with Crippen LogP contribution in [-0.4, -0.2) is 29.1 Å². The Kier molecular flexibility index (Phi) is 3.93. The van der Waals surface area contributed by atoms with Crippen LogP contribution in [0.4, 0.5) is 10.6 Å². The van der Waals surface area contributed by atoms with Gasteiger partial charge in [-0.3, -0.25) is 4.98 Å². The molecule has 0 aliphatic rings. The number of carbonyl (C=O) groups is 1. The molecule has 2 amide bonds. The molecule has 76 valence electrons. The first-order valence-corrected chi connectivity index (χ1v) is 4.31. The van der Waals surface area contributed by atoms with Crippen molar-refractivity contribution in [1.82, 2.24) is 15.3 Å². The van der Waals surface area contributed by atoms with Gasteiger partial charge < -0.3 is 16.4 Å². The first-order valence-electron chi connectivity index (χ1n) is 3.93. The Labute approximate surface area is 85.9 Å². The minimum absolute atomic E-state index is 0.317. The van der Waals surface area contributed by atoms with E-state index in [2.05, 4.69) is 20.6 Å². The van der Waals surface area contributed by atoms with Gasteiger partial charge in [0.1, 0.15) is 11.0 Å². The van der Waals surface area contributed by atoms with Gasteiger partial charge in [-0.25, -0.2) is 9.78 Å². The van der Waals surface area contributed by atoms with Crippen LogP contribution in [-0.2, 0) is 0 Å².